The van der Waals surface area contributed by atoms with Crippen LogP contribution in [-0.4, -0.2) is 49.2 Å². The smallest absolute Gasteiger partial charge is 0.260 e. The molecule has 0 N–H and O–H groups in total. The molecule has 5 nitrogen and oxygen atoms in total. The number of aromatic nitrogens is 1. The highest BCUT2D eigenvalue weighted by atomic mass is 32.2. The molecular formula is C20H20N4OS2. The van der Waals surface area contributed by atoms with Gasteiger partial charge in [0.1, 0.15) is 0 Å². The quantitative estimate of drug-likeness (QED) is 0.587. The molecule has 0 unspecified atom stereocenters. The number of likely N-dealkylation sites (N-methyl/N-ethyl adjacent to an activating group) is 1. The molecular weight excluding hydrogens is 376 g/mol. The molecule has 0 spiro atoms. The topological polar surface area (TPSA) is 60.2 Å². The Labute approximate surface area is 167 Å². The van der Waals surface area contributed by atoms with E-state index in [2.05, 4.69) is 12.1 Å². The van der Waals surface area contributed by atoms with Gasteiger partial charge in [-0.25, -0.2) is 4.98 Å². The van der Waals surface area contributed by atoms with Crippen molar-refractivity contribution in [1.29, 1.82) is 5.26 Å². The van der Waals surface area contributed by atoms with Gasteiger partial charge in [-0.05, 0) is 62.8 Å². The van der Waals surface area contributed by atoms with Gasteiger partial charge in [-0.3, -0.25) is 9.69 Å². The van der Waals surface area contributed by atoms with Crippen molar-refractivity contribution in [2.45, 2.75) is 4.90 Å². The molecule has 0 saturated heterocycles. The van der Waals surface area contributed by atoms with Crippen LogP contribution < -0.4 is 4.90 Å². The molecule has 0 aliphatic heterocycles. The van der Waals surface area contributed by atoms with Crippen LogP contribution in [0.1, 0.15) is 15.9 Å². The first kappa shape index (κ1) is 19.4. The molecule has 27 heavy (non-hydrogen) atoms. The number of thioether (sulfide) groups is 1. The molecule has 0 aliphatic rings. The maximum atomic E-state index is 13.1. The van der Waals surface area contributed by atoms with Gasteiger partial charge in [0.25, 0.3) is 5.91 Å². The summed E-state index contributed by atoms with van der Waals surface area (Å²) >= 11 is 3.21. The van der Waals surface area contributed by atoms with Crippen molar-refractivity contribution >= 4 is 44.4 Å². The van der Waals surface area contributed by atoms with E-state index in [-0.39, 0.29) is 5.91 Å². The lowest BCUT2D eigenvalue weighted by Gasteiger charge is -2.22. The summed E-state index contributed by atoms with van der Waals surface area (Å²) < 4.78 is 1.07. The Bertz CT molecular complexity index is 989. The number of nitrogens with zero attached hydrogens (tertiary/aromatic N) is 4. The summed E-state index contributed by atoms with van der Waals surface area (Å²) in [5, 5.41) is 9.66. The first-order chi connectivity index (χ1) is 13.0. The average molecular weight is 397 g/mol. The number of hydrogen-bond donors (Lipinski definition) is 0. The maximum Gasteiger partial charge on any atom is 0.260 e. The van der Waals surface area contributed by atoms with Crippen LogP contribution in [0.15, 0.2) is 47.4 Å². The Morgan fingerprint density at radius 2 is 1.93 bits per heavy atom. The second-order valence-electron chi connectivity index (χ2n) is 6.28. The second-order valence-corrected chi connectivity index (χ2v) is 8.17. The molecule has 0 radical (unpaired) electrons. The van der Waals surface area contributed by atoms with E-state index in [9.17, 15) is 4.79 Å². The molecule has 7 heteroatoms. The summed E-state index contributed by atoms with van der Waals surface area (Å²) in [4.78, 5) is 22.8. The minimum absolute atomic E-state index is 0.106. The Morgan fingerprint density at radius 1 is 1.19 bits per heavy atom. The Hall–Kier alpha value is -2.40. The van der Waals surface area contributed by atoms with E-state index >= 15 is 0 Å². The number of carbonyl (C=O) groups excluding carboxylic acids is 1. The summed E-state index contributed by atoms with van der Waals surface area (Å²) in [7, 11) is 3.96. The Balaban J connectivity index is 1.97. The van der Waals surface area contributed by atoms with Gasteiger partial charge in [-0.15, -0.1) is 11.8 Å². The third-order valence-corrected chi connectivity index (χ3v) is 5.86. The van der Waals surface area contributed by atoms with E-state index in [1.54, 1.807) is 40.9 Å². The lowest BCUT2D eigenvalue weighted by atomic mass is 10.1. The van der Waals surface area contributed by atoms with Gasteiger partial charge in [-0.1, -0.05) is 11.3 Å². The van der Waals surface area contributed by atoms with Crippen molar-refractivity contribution < 1.29 is 4.79 Å². The molecule has 3 aromatic rings. The number of amides is 1. The highest BCUT2D eigenvalue weighted by Crippen LogP contribution is 2.32. The lowest BCUT2D eigenvalue weighted by molar-refractivity contribution is 0.0985. The van der Waals surface area contributed by atoms with Gasteiger partial charge in [-0.2, -0.15) is 5.26 Å². The van der Waals surface area contributed by atoms with Crippen molar-refractivity contribution in [1.82, 2.24) is 9.88 Å². The van der Waals surface area contributed by atoms with E-state index in [0.29, 0.717) is 22.8 Å². The van der Waals surface area contributed by atoms with E-state index < -0.39 is 0 Å². The molecule has 1 amide bonds. The zero-order chi connectivity index (χ0) is 19.4. The SMILES string of the molecule is CSc1ccc2nc(N(CCN(C)C)C(=O)c3ccc(C#N)cc3)sc2c1. The number of carbonyl (C=O) groups is 1. The van der Waals surface area contributed by atoms with Crippen LogP contribution in [0.25, 0.3) is 10.2 Å². The van der Waals surface area contributed by atoms with Gasteiger partial charge in [0.2, 0.25) is 0 Å². The minimum Gasteiger partial charge on any atom is -0.308 e. The number of rotatable bonds is 6. The minimum atomic E-state index is -0.106. The monoisotopic (exact) mass is 396 g/mol. The number of benzene rings is 2. The van der Waals surface area contributed by atoms with E-state index in [1.807, 2.05) is 37.4 Å². The van der Waals surface area contributed by atoms with Gasteiger partial charge in [0, 0.05) is 23.5 Å². The summed E-state index contributed by atoms with van der Waals surface area (Å²) in [6.07, 6.45) is 2.04. The van der Waals surface area contributed by atoms with Gasteiger partial charge in [0.15, 0.2) is 5.13 Å². The van der Waals surface area contributed by atoms with Crippen molar-refractivity contribution in [3.05, 3.63) is 53.6 Å². The van der Waals surface area contributed by atoms with Gasteiger partial charge < -0.3 is 4.90 Å². The van der Waals surface area contributed by atoms with Crippen molar-refractivity contribution in [2.75, 3.05) is 38.3 Å². The van der Waals surface area contributed by atoms with Crippen LogP contribution in [-0.2, 0) is 0 Å². The van der Waals surface area contributed by atoms with Crippen LogP contribution in [0.5, 0.6) is 0 Å². The number of anilines is 1. The zero-order valence-corrected chi connectivity index (χ0v) is 17.1. The fraction of sp³-hybridized carbons (Fsp3) is 0.250. The van der Waals surface area contributed by atoms with Crippen LogP contribution in [0.2, 0.25) is 0 Å². The lowest BCUT2D eigenvalue weighted by Crippen LogP contribution is -2.36. The van der Waals surface area contributed by atoms with E-state index in [4.69, 9.17) is 10.2 Å². The molecule has 1 aromatic heterocycles. The molecule has 2 aromatic carbocycles. The van der Waals surface area contributed by atoms with Crippen molar-refractivity contribution in [3.63, 3.8) is 0 Å². The fourth-order valence-corrected chi connectivity index (χ4v) is 4.11. The Morgan fingerprint density at radius 3 is 2.56 bits per heavy atom. The summed E-state index contributed by atoms with van der Waals surface area (Å²) in [6, 6.07) is 15.0. The average Bonchev–Trinajstić information content (AvgIpc) is 3.10. The maximum absolute atomic E-state index is 13.1. The third kappa shape index (κ3) is 4.48. The van der Waals surface area contributed by atoms with Crippen LogP contribution in [0.3, 0.4) is 0 Å². The van der Waals surface area contributed by atoms with Crippen molar-refractivity contribution in [3.8, 4) is 6.07 Å². The summed E-state index contributed by atoms with van der Waals surface area (Å²) in [6.45, 7) is 1.27. The first-order valence-electron chi connectivity index (χ1n) is 8.43. The van der Waals surface area contributed by atoms with Gasteiger partial charge >= 0.3 is 0 Å². The second kappa shape index (κ2) is 8.53. The summed E-state index contributed by atoms with van der Waals surface area (Å²) in [5.41, 5.74) is 1.99. The van der Waals surface area contributed by atoms with E-state index in [0.717, 1.165) is 16.8 Å². The highest BCUT2D eigenvalue weighted by molar-refractivity contribution is 7.98. The number of nitriles is 1. The molecule has 0 atom stereocenters. The fourth-order valence-electron chi connectivity index (χ4n) is 2.56. The largest absolute Gasteiger partial charge is 0.308 e. The predicted octanol–water partition coefficient (Wildman–Crippen LogP) is 4.10. The van der Waals surface area contributed by atoms with Gasteiger partial charge in [0.05, 0.1) is 21.8 Å². The van der Waals surface area contributed by atoms with Crippen LogP contribution >= 0.6 is 23.1 Å². The van der Waals surface area contributed by atoms with Crippen LogP contribution in [0, 0.1) is 11.3 Å². The number of fused-ring (bicyclic) bond motifs is 1. The van der Waals surface area contributed by atoms with E-state index in [1.165, 1.54) is 16.2 Å². The standard InChI is InChI=1S/C20H20N4OS2/c1-23(2)10-11-24(19(25)15-6-4-14(13-21)5-7-15)20-22-17-9-8-16(26-3)12-18(17)27-20/h4-9,12H,10-11H2,1-3H3. The summed E-state index contributed by atoms with van der Waals surface area (Å²) in [5.74, 6) is -0.106. The van der Waals surface area contributed by atoms with Crippen molar-refractivity contribution in [2.24, 2.45) is 0 Å². The molecule has 0 bridgehead atoms. The molecule has 0 fully saturated rings. The number of hydrogen-bond acceptors (Lipinski definition) is 6. The molecule has 0 saturated carbocycles. The zero-order valence-electron chi connectivity index (χ0n) is 15.5. The molecule has 3 rings (SSSR count). The predicted molar refractivity (Wildman–Crippen MR) is 113 cm³/mol. The Kier molecular flexibility index (Phi) is 6.11. The molecule has 138 valence electrons. The molecule has 0 aliphatic carbocycles. The highest BCUT2D eigenvalue weighted by Gasteiger charge is 2.21. The first-order valence-corrected chi connectivity index (χ1v) is 10.5. The molecule has 1 heterocycles. The normalized spacial score (nSPS) is 10.9. The number of thiazole rings is 1. The van der Waals surface area contributed by atoms with Crippen LogP contribution in [0.4, 0.5) is 5.13 Å². The third-order valence-electron chi connectivity index (χ3n) is 4.09.